The topological polar surface area (TPSA) is 67.2 Å². The molecule has 0 saturated heterocycles. The van der Waals surface area contributed by atoms with Crippen molar-refractivity contribution in [3.63, 3.8) is 0 Å². The van der Waals surface area contributed by atoms with Crippen LogP contribution in [0.5, 0.6) is 0 Å². The zero-order valence-corrected chi connectivity index (χ0v) is 8.51. The molecule has 0 unspecified atom stereocenters. The number of hydrogen-bond donors (Lipinski definition) is 3. The average Bonchev–Trinajstić information content (AvgIpc) is 2.20. The van der Waals surface area contributed by atoms with E-state index in [1.54, 1.807) is 0 Å². The van der Waals surface area contributed by atoms with E-state index in [-0.39, 0.29) is 5.56 Å². The molecule has 0 saturated carbocycles. The Morgan fingerprint density at radius 1 is 1.47 bits per heavy atom. The van der Waals surface area contributed by atoms with Crippen molar-refractivity contribution >= 4 is 11.6 Å². The number of likely N-dealkylation sites (N-methyl/N-ethyl adjacent to an activating group) is 1. The highest BCUT2D eigenvalue weighted by atomic mass is 19.1. The lowest BCUT2D eigenvalue weighted by molar-refractivity contribution is 0.1000. The summed E-state index contributed by atoms with van der Waals surface area (Å²) in [5.74, 6) is -1.10. The monoisotopic (exact) mass is 211 g/mol. The molecule has 5 heteroatoms. The van der Waals surface area contributed by atoms with Crippen LogP contribution in [0.15, 0.2) is 18.2 Å². The Kier molecular flexibility index (Phi) is 4.05. The highest BCUT2D eigenvalue weighted by Gasteiger charge is 2.05. The first-order valence-corrected chi connectivity index (χ1v) is 4.63. The minimum absolute atomic E-state index is 0.173. The number of amides is 1. The van der Waals surface area contributed by atoms with E-state index < -0.39 is 11.7 Å². The van der Waals surface area contributed by atoms with Crippen LogP contribution in [0.4, 0.5) is 10.1 Å². The number of halogens is 1. The first-order valence-electron chi connectivity index (χ1n) is 4.63. The highest BCUT2D eigenvalue weighted by molar-refractivity contribution is 5.93. The number of rotatable bonds is 5. The Hall–Kier alpha value is -1.62. The summed E-state index contributed by atoms with van der Waals surface area (Å²) in [6, 6.07) is 4.13. The zero-order valence-electron chi connectivity index (χ0n) is 8.51. The molecule has 0 heterocycles. The molecular formula is C10H14FN3O. The standard InChI is InChI=1S/C10H14FN3O/c1-13-4-5-14-9-3-2-7(10(12)15)6-8(9)11/h2-3,6,13-14H,4-5H2,1H3,(H2,12,15). The van der Waals surface area contributed by atoms with E-state index in [9.17, 15) is 9.18 Å². The van der Waals surface area contributed by atoms with E-state index in [4.69, 9.17) is 5.73 Å². The predicted molar refractivity (Wildman–Crippen MR) is 57.3 cm³/mol. The molecule has 0 aliphatic carbocycles. The molecule has 0 bridgehead atoms. The summed E-state index contributed by atoms with van der Waals surface area (Å²) in [6.45, 7) is 1.35. The van der Waals surface area contributed by atoms with Gasteiger partial charge in [0, 0.05) is 18.7 Å². The maximum absolute atomic E-state index is 13.3. The van der Waals surface area contributed by atoms with E-state index >= 15 is 0 Å². The van der Waals surface area contributed by atoms with Gasteiger partial charge in [0.1, 0.15) is 5.82 Å². The molecular weight excluding hydrogens is 197 g/mol. The fraction of sp³-hybridized carbons (Fsp3) is 0.300. The van der Waals surface area contributed by atoms with Gasteiger partial charge in [-0.3, -0.25) is 4.79 Å². The lowest BCUT2D eigenvalue weighted by Gasteiger charge is -2.07. The average molecular weight is 211 g/mol. The number of nitrogens with one attached hydrogen (secondary N) is 2. The number of nitrogens with two attached hydrogens (primary N) is 1. The Balaban J connectivity index is 2.70. The fourth-order valence-corrected chi connectivity index (χ4v) is 1.13. The van der Waals surface area contributed by atoms with E-state index in [1.807, 2.05) is 7.05 Å². The van der Waals surface area contributed by atoms with Gasteiger partial charge in [-0.25, -0.2) is 4.39 Å². The van der Waals surface area contributed by atoms with Gasteiger partial charge < -0.3 is 16.4 Å². The molecule has 15 heavy (non-hydrogen) atoms. The van der Waals surface area contributed by atoms with Crippen LogP contribution in [0.1, 0.15) is 10.4 Å². The van der Waals surface area contributed by atoms with Crippen molar-refractivity contribution in [2.45, 2.75) is 0 Å². The molecule has 0 aliphatic rings. The number of hydrogen-bond acceptors (Lipinski definition) is 3. The first-order chi connectivity index (χ1) is 7.15. The van der Waals surface area contributed by atoms with Crippen LogP contribution >= 0.6 is 0 Å². The van der Waals surface area contributed by atoms with E-state index in [2.05, 4.69) is 10.6 Å². The van der Waals surface area contributed by atoms with Crippen molar-refractivity contribution < 1.29 is 9.18 Å². The lowest BCUT2D eigenvalue weighted by Crippen LogP contribution is -2.18. The van der Waals surface area contributed by atoms with Gasteiger partial charge >= 0.3 is 0 Å². The van der Waals surface area contributed by atoms with Crippen molar-refractivity contribution in [1.29, 1.82) is 0 Å². The third kappa shape index (κ3) is 3.21. The molecule has 0 radical (unpaired) electrons. The van der Waals surface area contributed by atoms with Gasteiger partial charge in [-0.1, -0.05) is 0 Å². The summed E-state index contributed by atoms with van der Waals surface area (Å²) in [5, 5.41) is 5.82. The smallest absolute Gasteiger partial charge is 0.248 e. The zero-order chi connectivity index (χ0) is 11.3. The van der Waals surface area contributed by atoms with Crippen molar-refractivity contribution in [3.05, 3.63) is 29.6 Å². The molecule has 4 N–H and O–H groups in total. The van der Waals surface area contributed by atoms with Crippen LogP contribution in [-0.4, -0.2) is 26.0 Å². The second-order valence-corrected chi connectivity index (χ2v) is 3.09. The van der Waals surface area contributed by atoms with Crippen LogP contribution in [0.2, 0.25) is 0 Å². The maximum Gasteiger partial charge on any atom is 0.248 e. The SMILES string of the molecule is CNCCNc1ccc(C(N)=O)cc1F. The number of primary amides is 1. The Bertz CT molecular complexity index is 355. The molecule has 1 rings (SSSR count). The number of carbonyl (C=O) groups is 1. The molecule has 0 atom stereocenters. The summed E-state index contributed by atoms with van der Waals surface area (Å²) in [7, 11) is 1.81. The predicted octanol–water partition coefficient (Wildman–Crippen LogP) is 0.556. The Morgan fingerprint density at radius 3 is 2.73 bits per heavy atom. The molecule has 0 fully saturated rings. The van der Waals surface area contributed by atoms with Gasteiger partial charge in [0.15, 0.2) is 0 Å². The van der Waals surface area contributed by atoms with Crippen molar-refractivity contribution in [2.24, 2.45) is 5.73 Å². The molecule has 82 valence electrons. The van der Waals surface area contributed by atoms with Crippen molar-refractivity contribution in [1.82, 2.24) is 5.32 Å². The normalized spacial score (nSPS) is 10.0. The number of benzene rings is 1. The number of carbonyl (C=O) groups excluding carboxylic acids is 1. The molecule has 1 aromatic carbocycles. The molecule has 1 amide bonds. The highest BCUT2D eigenvalue weighted by Crippen LogP contribution is 2.14. The summed E-state index contributed by atoms with van der Waals surface area (Å²) in [5.41, 5.74) is 5.56. The molecule has 0 spiro atoms. The van der Waals surface area contributed by atoms with Gasteiger partial charge in [0.05, 0.1) is 5.69 Å². The third-order valence-electron chi connectivity index (χ3n) is 1.94. The van der Waals surface area contributed by atoms with Crippen molar-refractivity contribution in [2.75, 3.05) is 25.5 Å². The summed E-state index contributed by atoms with van der Waals surface area (Å²) >= 11 is 0. The molecule has 0 aliphatic heterocycles. The Morgan fingerprint density at radius 2 is 2.20 bits per heavy atom. The van der Waals surface area contributed by atoms with E-state index in [1.165, 1.54) is 12.1 Å². The minimum Gasteiger partial charge on any atom is -0.381 e. The summed E-state index contributed by atoms with van der Waals surface area (Å²) < 4.78 is 13.3. The summed E-state index contributed by atoms with van der Waals surface area (Å²) in [6.07, 6.45) is 0. The molecule has 4 nitrogen and oxygen atoms in total. The molecule has 0 aromatic heterocycles. The van der Waals surface area contributed by atoms with Crippen LogP contribution in [-0.2, 0) is 0 Å². The van der Waals surface area contributed by atoms with Crippen molar-refractivity contribution in [3.8, 4) is 0 Å². The van der Waals surface area contributed by atoms with Crippen LogP contribution in [0.3, 0.4) is 0 Å². The van der Waals surface area contributed by atoms with Gasteiger partial charge in [0.2, 0.25) is 5.91 Å². The minimum atomic E-state index is -0.629. The quantitative estimate of drug-likeness (QED) is 0.623. The second kappa shape index (κ2) is 5.31. The van der Waals surface area contributed by atoms with Crippen LogP contribution < -0.4 is 16.4 Å². The maximum atomic E-state index is 13.3. The van der Waals surface area contributed by atoms with Gasteiger partial charge in [-0.15, -0.1) is 0 Å². The summed E-state index contributed by atoms with van der Waals surface area (Å²) in [4.78, 5) is 10.7. The largest absolute Gasteiger partial charge is 0.381 e. The van der Waals surface area contributed by atoms with Crippen LogP contribution in [0, 0.1) is 5.82 Å². The van der Waals surface area contributed by atoms with Crippen LogP contribution in [0.25, 0.3) is 0 Å². The Labute approximate surface area is 87.7 Å². The van der Waals surface area contributed by atoms with Gasteiger partial charge in [-0.2, -0.15) is 0 Å². The number of anilines is 1. The third-order valence-corrected chi connectivity index (χ3v) is 1.94. The van der Waals surface area contributed by atoms with Gasteiger partial charge in [-0.05, 0) is 25.2 Å². The van der Waals surface area contributed by atoms with Gasteiger partial charge in [0.25, 0.3) is 0 Å². The van der Waals surface area contributed by atoms with E-state index in [0.717, 1.165) is 12.6 Å². The second-order valence-electron chi connectivity index (χ2n) is 3.09. The fourth-order valence-electron chi connectivity index (χ4n) is 1.13. The lowest BCUT2D eigenvalue weighted by atomic mass is 10.2. The molecule has 1 aromatic rings. The van der Waals surface area contributed by atoms with E-state index in [0.29, 0.717) is 12.2 Å². The first kappa shape index (κ1) is 11.5.